The molecule has 1 aliphatic carbocycles. The molecule has 0 amide bonds. The summed E-state index contributed by atoms with van der Waals surface area (Å²) in [4.78, 5) is 5.11. The summed E-state index contributed by atoms with van der Waals surface area (Å²) in [6, 6.07) is 1.12. The van der Waals surface area contributed by atoms with Gasteiger partial charge in [-0.15, -0.1) is 0 Å². The maximum atomic E-state index is 11.0. The second-order valence-electron chi connectivity index (χ2n) is 7.53. The van der Waals surface area contributed by atoms with Crippen molar-refractivity contribution in [3.63, 3.8) is 0 Å². The molecule has 21 heavy (non-hydrogen) atoms. The van der Waals surface area contributed by atoms with Crippen molar-refractivity contribution in [2.24, 2.45) is 0 Å². The zero-order chi connectivity index (χ0) is 14.7. The predicted octanol–water partition coefficient (Wildman–Crippen LogP) is 1.60. The second-order valence-corrected chi connectivity index (χ2v) is 7.53. The van der Waals surface area contributed by atoms with Gasteiger partial charge in [-0.25, -0.2) is 0 Å². The molecule has 4 heteroatoms. The van der Waals surface area contributed by atoms with E-state index in [-0.39, 0.29) is 6.61 Å². The first-order valence-corrected chi connectivity index (χ1v) is 9.01. The van der Waals surface area contributed by atoms with E-state index in [1.165, 1.54) is 45.1 Å². The van der Waals surface area contributed by atoms with Gasteiger partial charge in [-0.05, 0) is 38.6 Å². The van der Waals surface area contributed by atoms with Gasteiger partial charge in [-0.3, -0.25) is 9.80 Å². The van der Waals surface area contributed by atoms with Crippen LogP contribution in [0.5, 0.6) is 0 Å². The van der Waals surface area contributed by atoms with Crippen LogP contribution in [0.15, 0.2) is 0 Å². The van der Waals surface area contributed by atoms with Crippen LogP contribution < -0.4 is 0 Å². The molecule has 4 nitrogen and oxygen atoms in total. The Hall–Kier alpha value is -0.160. The molecule has 2 saturated heterocycles. The van der Waals surface area contributed by atoms with Gasteiger partial charge in [0.05, 0.1) is 5.60 Å². The van der Waals surface area contributed by atoms with E-state index in [9.17, 15) is 10.2 Å². The zero-order valence-electron chi connectivity index (χ0n) is 13.3. The van der Waals surface area contributed by atoms with Crippen LogP contribution in [0.4, 0.5) is 0 Å². The van der Waals surface area contributed by atoms with Gasteiger partial charge in [0.2, 0.25) is 0 Å². The van der Waals surface area contributed by atoms with Crippen LogP contribution in [0.25, 0.3) is 0 Å². The van der Waals surface area contributed by atoms with Crippen molar-refractivity contribution in [3.05, 3.63) is 0 Å². The second kappa shape index (κ2) is 6.95. The summed E-state index contributed by atoms with van der Waals surface area (Å²) in [5.41, 5.74) is -0.481. The Morgan fingerprint density at radius 2 is 1.76 bits per heavy atom. The molecule has 3 aliphatic rings. The first-order valence-electron chi connectivity index (χ1n) is 9.01. The van der Waals surface area contributed by atoms with Crippen LogP contribution in [0.2, 0.25) is 0 Å². The fourth-order valence-corrected chi connectivity index (χ4v) is 4.69. The van der Waals surface area contributed by atoms with E-state index < -0.39 is 5.60 Å². The van der Waals surface area contributed by atoms with Gasteiger partial charge in [0.1, 0.15) is 0 Å². The first kappa shape index (κ1) is 15.7. The number of fused-ring (bicyclic) bond motifs is 1. The van der Waals surface area contributed by atoms with Gasteiger partial charge in [0.15, 0.2) is 0 Å². The van der Waals surface area contributed by atoms with E-state index >= 15 is 0 Å². The molecule has 3 rings (SSSR count). The fourth-order valence-electron chi connectivity index (χ4n) is 4.69. The maximum Gasteiger partial charge on any atom is 0.0774 e. The van der Waals surface area contributed by atoms with Gasteiger partial charge >= 0.3 is 0 Å². The van der Waals surface area contributed by atoms with Crippen molar-refractivity contribution in [1.82, 2.24) is 9.80 Å². The topological polar surface area (TPSA) is 46.9 Å². The Morgan fingerprint density at radius 1 is 1.00 bits per heavy atom. The molecular formula is C17H32N2O2. The van der Waals surface area contributed by atoms with Crippen LogP contribution in [-0.2, 0) is 0 Å². The van der Waals surface area contributed by atoms with Crippen LogP contribution in [-0.4, -0.2) is 70.5 Å². The molecule has 2 aliphatic heterocycles. The molecule has 2 N–H and O–H groups in total. The molecule has 2 unspecified atom stereocenters. The van der Waals surface area contributed by atoms with Crippen molar-refractivity contribution in [1.29, 1.82) is 0 Å². The molecule has 0 aromatic heterocycles. The Morgan fingerprint density at radius 3 is 2.48 bits per heavy atom. The minimum Gasteiger partial charge on any atom is -0.396 e. The Labute approximate surface area is 129 Å². The average Bonchev–Trinajstić information content (AvgIpc) is 2.79. The molecule has 0 bridgehead atoms. The largest absolute Gasteiger partial charge is 0.396 e. The van der Waals surface area contributed by atoms with Crippen molar-refractivity contribution >= 4 is 0 Å². The number of aliphatic hydroxyl groups is 2. The van der Waals surface area contributed by atoms with E-state index in [2.05, 4.69) is 9.80 Å². The summed E-state index contributed by atoms with van der Waals surface area (Å²) in [7, 11) is 0. The summed E-state index contributed by atoms with van der Waals surface area (Å²) in [6.45, 7) is 4.49. The first-order chi connectivity index (χ1) is 10.2. The van der Waals surface area contributed by atoms with Gasteiger partial charge in [-0.2, -0.15) is 0 Å². The highest BCUT2D eigenvalue weighted by Crippen LogP contribution is 2.32. The van der Waals surface area contributed by atoms with Gasteiger partial charge in [-0.1, -0.05) is 25.7 Å². The molecule has 0 radical (unpaired) electrons. The third kappa shape index (κ3) is 3.79. The summed E-state index contributed by atoms with van der Waals surface area (Å²) < 4.78 is 0. The smallest absolute Gasteiger partial charge is 0.0774 e. The van der Waals surface area contributed by atoms with E-state index in [0.717, 1.165) is 38.9 Å². The number of hydrogen-bond donors (Lipinski definition) is 2. The normalized spacial score (nSPS) is 34.6. The van der Waals surface area contributed by atoms with E-state index in [4.69, 9.17) is 0 Å². The highest BCUT2D eigenvalue weighted by Gasteiger charge is 2.39. The van der Waals surface area contributed by atoms with Crippen molar-refractivity contribution in [3.8, 4) is 0 Å². The lowest BCUT2D eigenvalue weighted by molar-refractivity contribution is -0.0495. The molecule has 0 aromatic carbocycles. The van der Waals surface area contributed by atoms with Crippen molar-refractivity contribution in [2.75, 3.05) is 32.8 Å². The lowest BCUT2D eigenvalue weighted by atomic mass is 9.92. The van der Waals surface area contributed by atoms with Crippen molar-refractivity contribution < 1.29 is 10.2 Å². The van der Waals surface area contributed by atoms with Gasteiger partial charge in [0.25, 0.3) is 0 Å². The summed E-state index contributed by atoms with van der Waals surface area (Å²) in [5, 5.41) is 20.4. The summed E-state index contributed by atoms with van der Waals surface area (Å²) >= 11 is 0. The average molecular weight is 296 g/mol. The van der Waals surface area contributed by atoms with E-state index in [1.807, 2.05) is 0 Å². The van der Waals surface area contributed by atoms with Crippen LogP contribution >= 0.6 is 0 Å². The number of β-amino-alcohol motifs (C(OH)–C–C–N with tert-alkyl or cyclic N) is 1. The number of hydrogen-bond acceptors (Lipinski definition) is 4. The molecule has 122 valence electrons. The lowest BCUT2D eigenvalue weighted by Gasteiger charge is -2.46. The Balaban J connectivity index is 1.65. The SMILES string of the molecule is OCCC1CN2CCCC2CN1CC1(O)CCCCCC1. The molecule has 1 saturated carbocycles. The van der Waals surface area contributed by atoms with Gasteiger partial charge < -0.3 is 10.2 Å². The number of aliphatic hydroxyl groups excluding tert-OH is 1. The van der Waals surface area contributed by atoms with E-state index in [1.54, 1.807) is 0 Å². The number of nitrogens with zero attached hydrogens (tertiary/aromatic N) is 2. The Bertz CT molecular complexity index is 329. The molecule has 2 atom stereocenters. The van der Waals surface area contributed by atoms with E-state index in [0.29, 0.717) is 12.1 Å². The Kier molecular flexibility index (Phi) is 5.20. The minimum absolute atomic E-state index is 0.262. The molecule has 2 heterocycles. The molecular weight excluding hydrogens is 264 g/mol. The summed E-state index contributed by atoms with van der Waals surface area (Å²) in [6.07, 6.45) is 10.3. The monoisotopic (exact) mass is 296 g/mol. The third-order valence-electron chi connectivity index (χ3n) is 5.90. The fraction of sp³-hybridized carbons (Fsp3) is 1.00. The number of rotatable bonds is 4. The minimum atomic E-state index is -0.481. The van der Waals surface area contributed by atoms with Crippen molar-refractivity contribution in [2.45, 2.75) is 75.5 Å². The number of piperazine rings is 1. The van der Waals surface area contributed by atoms with Gasteiger partial charge in [0, 0.05) is 38.3 Å². The standard InChI is InChI=1S/C17H32N2O2/c20-11-7-16-12-18-10-5-6-15(18)13-19(16)14-17(21)8-3-1-2-4-9-17/h15-16,20-21H,1-14H2. The molecule has 0 aromatic rings. The highest BCUT2D eigenvalue weighted by molar-refractivity contribution is 4.95. The zero-order valence-corrected chi connectivity index (χ0v) is 13.3. The highest BCUT2D eigenvalue weighted by atomic mass is 16.3. The molecule has 3 fully saturated rings. The predicted molar refractivity (Wildman–Crippen MR) is 84.3 cm³/mol. The maximum absolute atomic E-state index is 11.0. The quantitative estimate of drug-likeness (QED) is 0.774. The van der Waals surface area contributed by atoms with Crippen LogP contribution in [0.1, 0.15) is 57.8 Å². The summed E-state index contributed by atoms with van der Waals surface area (Å²) in [5.74, 6) is 0. The molecule has 0 spiro atoms. The lowest BCUT2D eigenvalue weighted by Crippen LogP contribution is -2.59. The van der Waals surface area contributed by atoms with Crippen LogP contribution in [0, 0.1) is 0 Å². The third-order valence-corrected chi connectivity index (χ3v) is 5.90. The van der Waals surface area contributed by atoms with Crippen LogP contribution in [0.3, 0.4) is 0 Å².